The van der Waals surface area contributed by atoms with Crippen LogP contribution in [-0.4, -0.2) is 84.3 Å². The largest absolute Gasteiger partial charge is 0.378 e. The molecule has 6 rings (SSSR count). The third-order valence-electron chi connectivity index (χ3n) is 7.59. The van der Waals surface area contributed by atoms with Crippen LogP contribution in [0.2, 0.25) is 0 Å². The molecular weight excluding hydrogens is 442 g/mol. The van der Waals surface area contributed by atoms with E-state index in [1.807, 2.05) is 24.3 Å². The summed E-state index contributed by atoms with van der Waals surface area (Å²) >= 11 is 0. The van der Waals surface area contributed by atoms with Gasteiger partial charge in [-0.3, -0.25) is 9.69 Å². The number of nitrogens with one attached hydrogen (secondary N) is 3. The molecule has 5 heterocycles. The van der Waals surface area contributed by atoms with E-state index in [9.17, 15) is 4.79 Å². The van der Waals surface area contributed by atoms with Crippen molar-refractivity contribution in [2.45, 2.75) is 25.3 Å². The van der Waals surface area contributed by atoms with Gasteiger partial charge in [-0.15, -0.1) is 0 Å². The van der Waals surface area contributed by atoms with Gasteiger partial charge in [0, 0.05) is 50.0 Å². The average molecular weight is 476 g/mol. The number of fused-ring (bicyclic) bond motifs is 1. The number of amides is 1. The number of aromatic amines is 1. The second-order valence-electron chi connectivity index (χ2n) is 9.86. The van der Waals surface area contributed by atoms with E-state index in [-0.39, 0.29) is 5.91 Å². The molecule has 3 N–H and O–H groups in total. The van der Waals surface area contributed by atoms with E-state index in [2.05, 4.69) is 41.5 Å². The number of benzene rings is 1. The van der Waals surface area contributed by atoms with Crippen LogP contribution < -0.4 is 15.5 Å². The lowest BCUT2D eigenvalue weighted by molar-refractivity contribution is -0.117. The highest BCUT2D eigenvalue weighted by Gasteiger charge is 2.29. The first-order valence-electron chi connectivity index (χ1n) is 12.7. The Balaban J connectivity index is 1.07. The number of carbonyl (C=O) groups excluding carboxylic acids is 1. The second-order valence-corrected chi connectivity index (χ2v) is 9.86. The molecule has 1 amide bonds. The number of nitrogens with zero attached hydrogens (tertiary/aromatic N) is 4. The van der Waals surface area contributed by atoms with Crippen molar-refractivity contribution in [3.05, 3.63) is 36.7 Å². The highest BCUT2D eigenvalue weighted by Crippen LogP contribution is 2.30. The number of hydrogen-bond donors (Lipinski definition) is 3. The number of likely N-dealkylation sites (tertiary alicyclic amines) is 1. The van der Waals surface area contributed by atoms with Crippen molar-refractivity contribution < 1.29 is 9.53 Å². The molecular formula is C26H33N7O2. The molecule has 35 heavy (non-hydrogen) atoms. The lowest BCUT2D eigenvalue weighted by atomic mass is 9.91. The Labute approximate surface area is 205 Å². The third-order valence-corrected chi connectivity index (χ3v) is 7.59. The van der Waals surface area contributed by atoms with Crippen molar-refractivity contribution in [3.8, 4) is 11.3 Å². The summed E-state index contributed by atoms with van der Waals surface area (Å²) in [7, 11) is 0. The number of H-pyrrole nitrogens is 1. The summed E-state index contributed by atoms with van der Waals surface area (Å²) in [6.45, 7) is 7.54. The number of piperidine rings is 1. The van der Waals surface area contributed by atoms with Gasteiger partial charge >= 0.3 is 0 Å². The molecule has 1 aromatic carbocycles. The Bertz CT molecular complexity index is 1160. The van der Waals surface area contributed by atoms with E-state index in [1.54, 1.807) is 6.33 Å². The Morgan fingerprint density at radius 3 is 2.54 bits per heavy atom. The van der Waals surface area contributed by atoms with Gasteiger partial charge in [-0.2, -0.15) is 0 Å². The van der Waals surface area contributed by atoms with Gasteiger partial charge in [-0.05, 0) is 55.6 Å². The zero-order chi connectivity index (χ0) is 23.6. The van der Waals surface area contributed by atoms with Gasteiger partial charge < -0.3 is 25.3 Å². The first-order chi connectivity index (χ1) is 17.2. The molecule has 0 atom stereocenters. The summed E-state index contributed by atoms with van der Waals surface area (Å²) in [6, 6.07) is 10.8. The molecule has 3 aliphatic heterocycles. The van der Waals surface area contributed by atoms with E-state index >= 15 is 0 Å². The van der Waals surface area contributed by atoms with E-state index in [1.165, 1.54) is 0 Å². The smallest absolute Gasteiger partial charge is 0.224 e. The maximum atomic E-state index is 12.7. The molecule has 0 aliphatic carbocycles. The van der Waals surface area contributed by atoms with Crippen LogP contribution in [0.15, 0.2) is 36.7 Å². The standard InChI is InChI=1S/C26H33N7O2/c34-24(13-18-5-7-32(8-6-18)21-15-27-16-21)30-20-3-1-19(2-4-20)23-14-22-25(31-23)28-17-29-26(22)33-9-11-35-12-10-33/h1-4,14,17-18,21,27H,5-13,15-16H2,(H,30,34)(H,28,29,31). The maximum Gasteiger partial charge on any atom is 0.224 e. The first kappa shape index (κ1) is 22.5. The van der Waals surface area contributed by atoms with Gasteiger partial charge in [0.25, 0.3) is 0 Å². The van der Waals surface area contributed by atoms with Crippen molar-refractivity contribution in [3.63, 3.8) is 0 Å². The molecule has 3 saturated heterocycles. The first-order valence-corrected chi connectivity index (χ1v) is 12.7. The molecule has 3 fully saturated rings. The maximum absolute atomic E-state index is 12.7. The quantitative estimate of drug-likeness (QED) is 0.504. The normalized spacial score (nSPS) is 20.2. The molecule has 184 valence electrons. The molecule has 0 saturated carbocycles. The predicted octanol–water partition coefficient (Wildman–Crippen LogP) is 2.47. The number of hydrogen-bond acceptors (Lipinski definition) is 7. The van der Waals surface area contributed by atoms with Crippen LogP contribution in [0.5, 0.6) is 0 Å². The fraction of sp³-hybridized carbons (Fsp3) is 0.500. The van der Waals surface area contributed by atoms with Crippen LogP contribution in [0.25, 0.3) is 22.3 Å². The van der Waals surface area contributed by atoms with Crippen molar-refractivity contribution in [2.24, 2.45) is 5.92 Å². The lowest BCUT2D eigenvalue weighted by Crippen LogP contribution is -2.58. The van der Waals surface area contributed by atoms with Gasteiger partial charge in [0.05, 0.1) is 18.6 Å². The van der Waals surface area contributed by atoms with Crippen LogP contribution in [0.4, 0.5) is 11.5 Å². The van der Waals surface area contributed by atoms with E-state index in [4.69, 9.17) is 4.74 Å². The topological polar surface area (TPSA) is 98.4 Å². The summed E-state index contributed by atoms with van der Waals surface area (Å²) in [5, 5.41) is 7.45. The van der Waals surface area contributed by atoms with Gasteiger partial charge in [0.1, 0.15) is 17.8 Å². The number of anilines is 2. The molecule has 0 bridgehead atoms. The summed E-state index contributed by atoms with van der Waals surface area (Å²) in [5.41, 5.74) is 3.70. The van der Waals surface area contributed by atoms with Crippen LogP contribution in [0, 0.1) is 5.92 Å². The van der Waals surface area contributed by atoms with Crippen LogP contribution in [0.3, 0.4) is 0 Å². The highest BCUT2D eigenvalue weighted by atomic mass is 16.5. The van der Waals surface area contributed by atoms with Crippen molar-refractivity contribution in [1.29, 1.82) is 0 Å². The molecule has 0 radical (unpaired) electrons. The summed E-state index contributed by atoms with van der Waals surface area (Å²) in [6.07, 6.45) is 4.43. The van der Waals surface area contributed by atoms with Crippen molar-refractivity contribution in [2.75, 3.05) is 62.7 Å². The SMILES string of the molecule is O=C(CC1CCN(C2CNC2)CC1)Nc1ccc(-c2cc3c(N4CCOCC4)ncnc3[nH]2)cc1. The van der Waals surface area contributed by atoms with E-state index in [0.29, 0.717) is 31.6 Å². The number of aromatic nitrogens is 3. The fourth-order valence-corrected chi connectivity index (χ4v) is 5.37. The summed E-state index contributed by atoms with van der Waals surface area (Å²) in [4.78, 5) is 29.9. The molecule has 0 unspecified atom stereocenters. The summed E-state index contributed by atoms with van der Waals surface area (Å²) in [5.74, 6) is 1.53. The number of morpholine rings is 1. The van der Waals surface area contributed by atoms with Gasteiger partial charge in [-0.25, -0.2) is 9.97 Å². The monoisotopic (exact) mass is 475 g/mol. The Morgan fingerprint density at radius 2 is 1.83 bits per heavy atom. The van der Waals surface area contributed by atoms with Crippen LogP contribution in [0.1, 0.15) is 19.3 Å². The Morgan fingerprint density at radius 1 is 1.06 bits per heavy atom. The minimum Gasteiger partial charge on any atom is -0.378 e. The molecule has 9 heteroatoms. The number of rotatable bonds is 6. The van der Waals surface area contributed by atoms with Gasteiger partial charge in [-0.1, -0.05) is 12.1 Å². The third kappa shape index (κ3) is 4.89. The minimum atomic E-state index is 0.109. The van der Waals surface area contributed by atoms with Gasteiger partial charge in [0.15, 0.2) is 0 Å². The van der Waals surface area contributed by atoms with Crippen molar-refractivity contribution in [1.82, 2.24) is 25.2 Å². The van der Waals surface area contributed by atoms with Crippen LogP contribution in [-0.2, 0) is 9.53 Å². The average Bonchev–Trinajstić information content (AvgIpc) is 3.30. The predicted molar refractivity (Wildman–Crippen MR) is 137 cm³/mol. The molecule has 0 spiro atoms. The lowest BCUT2D eigenvalue weighted by Gasteiger charge is -2.42. The summed E-state index contributed by atoms with van der Waals surface area (Å²) < 4.78 is 5.48. The number of carbonyl (C=O) groups is 1. The van der Waals surface area contributed by atoms with Crippen molar-refractivity contribution >= 4 is 28.4 Å². The number of ether oxygens (including phenoxy) is 1. The Kier molecular flexibility index (Phi) is 6.37. The fourth-order valence-electron chi connectivity index (χ4n) is 5.37. The van der Waals surface area contributed by atoms with Crippen LogP contribution >= 0.6 is 0 Å². The molecule has 2 aromatic heterocycles. The van der Waals surface area contributed by atoms with E-state index < -0.39 is 0 Å². The van der Waals surface area contributed by atoms with E-state index in [0.717, 1.165) is 85.9 Å². The highest BCUT2D eigenvalue weighted by molar-refractivity contribution is 5.93. The van der Waals surface area contributed by atoms with Gasteiger partial charge in [0.2, 0.25) is 5.91 Å². The Hall–Kier alpha value is -3.01. The molecule has 3 aromatic rings. The molecule has 9 nitrogen and oxygen atoms in total. The zero-order valence-corrected chi connectivity index (χ0v) is 20.0. The zero-order valence-electron chi connectivity index (χ0n) is 20.0. The second kappa shape index (κ2) is 9.93. The molecule has 3 aliphatic rings. The minimum absolute atomic E-state index is 0.109.